The monoisotopic (exact) mass is 239 g/mol. The molecule has 1 aliphatic heterocycles. The molecule has 0 spiro atoms. The molecular formula is C13H25N3O. The minimum atomic E-state index is -0.436. The molecular weight excluding hydrogens is 214 g/mol. The van der Waals surface area contributed by atoms with Gasteiger partial charge in [0.2, 0.25) is 0 Å². The number of hydrogen-bond donors (Lipinski definition) is 1. The van der Waals surface area contributed by atoms with E-state index in [-0.39, 0.29) is 0 Å². The lowest BCUT2D eigenvalue weighted by Crippen LogP contribution is -2.50. The molecule has 1 heterocycles. The van der Waals surface area contributed by atoms with E-state index in [1.807, 2.05) is 13.8 Å². The van der Waals surface area contributed by atoms with E-state index in [2.05, 4.69) is 23.3 Å². The summed E-state index contributed by atoms with van der Waals surface area (Å²) < 4.78 is 5.36. The zero-order chi connectivity index (χ0) is 12.7. The fourth-order valence-corrected chi connectivity index (χ4v) is 2.50. The van der Waals surface area contributed by atoms with E-state index < -0.39 is 5.54 Å². The van der Waals surface area contributed by atoms with Gasteiger partial charge in [-0.1, -0.05) is 6.92 Å². The van der Waals surface area contributed by atoms with Crippen LogP contribution in [-0.2, 0) is 4.74 Å². The molecule has 0 bridgehead atoms. The summed E-state index contributed by atoms with van der Waals surface area (Å²) >= 11 is 0. The first-order valence-corrected chi connectivity index (χ1v) is 6.52. The van der Waals surface area contributed by atoms with Gasteiger partial charge in [0.05, 0.1) is 6.07 Å². The second-order valence-corrected chi connectivity index (χ2v) is 5.23. The Morgan fingerprint density at radius 2 is 2.12 bits per heavy atom. The molecule has 0 aromatic carbocycles. The van der Waals surface area contributed by atoms with Gasteiger partial charge in [0.25, 0.3) is 0 Å². The maximum absolute atomic E-state index is 9.21. The quantitative estimate of drug-likeness (QED) is 0.757. The normalized spacial score (nSPS) is 21.1. The second-order valence-electron chi connectivity index (χ2n) is 5.23. The third-order valence-corrected chi connectivity index (χ3v) is 3.31. The van der Waals surface area contributed by atoms with Crippen LogP contribution in [0, 0.1) is 17.2 Å². The molecule has 1 atom stereocenters. The van der Waals surface area contributed by atoms with E-state index >= 15 is 0 Å². The molecule has 1 rings (SSSR count). The van der Waals surface area contributed by atoms with Crippen LogP contribution in [-0.4, -0.2) is 50.3 Å². The van der Waals surface area contributed by atoms with Gasteiger partial charge < -0.3 is 9.64 Å². The van der Waals surface area contributed by atoms with Crippen molar-refractivity contribution in [2.75, 3.05) is 39.9 Å². The molecule has 0 aromatic heterocycles. The highest BCUT2D eigenvalue weighted by atomic mass is 16.5. The van der Waals surface area contributed by atoms with Crippen LogP contribution in [0.1, 0.15) is 26.7 Å². The number of nitrogens with one attached hydrogen (secondary N) is 1. The largest absolute Gasteiger partial charge is 0.381 e. The van der Waals surface area contributed by atoms with Gasteiger partial charge in [-0.05, 0) is 39.3 Å². The van der Waals surface area contributed by atoms with Gasteiger partial charge in [0.1, 0.15) is 5.54 Å². The van der Waals surface area contributed by atoms with Crippen molar-refractivity contribution in [1.29, 1.82) is 5.26 Å². The highest BCUT2D eigenvalue weighted by Crippen LogP contribution is 2.16. The molecule has 1 fully saturated rings. The van der Waals surface area contributed by atoms with Crippen molar-refractivity contribution in [2.24, 2.45) is 5.92 Å². The summed E-state index contributed by atoms with van der Waals surface area (Å²) in [5.74, 6) is 0.721. The molecule has 17 heavy (non-hydrogen) atoms. The SMILES string of the molecule is CCNC(C)(C#N)CN(C)CC1CCOCC1. The average molecular weight is 239 g/mol. The first-order chi connectivity index (χ1) is 8.09. The van der Waals surface area contributed by atoms with Gasteiger partial charge in [0.15, 0.2) is 0 Å². The van der Waals surface area contributed by atoms with E-state index in [9.17, 15) is 5.26 Å². The zero-order valence-corrected chi connectivity index (χ0v) is 11.3. The van der Waals surface area contributed by atoms with Gasteiger partial charge >= 0.3 is 0 Å². The number of rotatable bonds is 6. The number of ether oxygens (including phenoxy) is 1. The zero-order valence-electron chi connectivity index (χ0n) is 11.3. The summed E-state index contributed by atoms with van der Waals surface area (Å²) in [4.78, 5) is 2.27. The molecule has 4 nitrogen and oxygen atoms in total. The first kappa shape index (κ1) is 14.4. The summed E-state index contributed by atoms with van der Waals surface area (Å²) in [6.07, 6.45) is 2.30. The van der Waals surface area contributed by atoms with Crippen LogP contribution in [0.3, 0.4) is 0 Å². The Morgan fingerprint density at radius 3 is 2.65 bits per heavy atom. The Bertz CT molecular complexity index is 258. The van der Waals surface area contributed by atoms with Crippen LogP contribution in [0.2, 0.25) is 0 Å². The summed E-state index contributed by atoms with van der Waals surface area (Å²) in [5.41, 5.74) is -0.436. The average Bonchev–Trinajstić information content (AvgIpc) is 2.30. The Balaban J connectivity index is 2.36. The summed E-state index contributed by atoms with van der Waals surface area (Å²) in [6, 6.07) is 2.37. The second kappa shape index (κ2) is 6.95. The van der Waals surface area contributed by atoms with E-state index in [0.717, 1.165) is 51.6 Å². The molecule has 1 unspecified atom stereocenters. The maximum Gasteiger partial charge on any atom is 0.116 e. The predicted octanol–water partition coefficient (Wildman–Crippen LogP) is 1.24. The lowest BCUT2D eigenvalue weighted by atomic mass is 9.98. The summed E-state index contributed by atoms with van der Waals surface area (Å²) in [5, 5.41) is 12.5. The van der Waals surface area contributed by atoms with Gasteiger partial charge in [-0.3, -0.25) is 5.32 Å². The topological polar surface area (TPSA) is 48.3 Å². The molecule has 0 radical (unpaired) electrons. The van der Waals surface area contributed by atoms with Crippen LogP contribution in [0.25, 0.3) is 0 Å². The molecule has 0 aromatic rings. The van der Waals surface area contributed by atoms with Crippen LogP contribution < -0.4 is 5.32 Å². The van der Waals surface area contributed by atoms with E-state index in [4.69, 9.17) is 4.74 Å². The van der Waals surface area contributed by atoms with E-state index in [0.29, 0.717) is 0 Å². The van der Waals surface area contributed by atoms with E-state index in [1.54, 1.807) is 0 Å². The van der Waals surface area contributed by atoms with Crippen LogP contribution in [0.4, 0.5) is 0 Å². The van der Waals surface area contributed by atoms with Crippen molar-refractivity contribution in [3.8, 4) is 6.07 Å². The van der Waals surface area contributed by atoms with Crippen molar-refractivity contribution in [3.63, 3.8) is 0 Å². The third-order valence-electron chi connectivity index (χ3n) is 3.31. The third kappa shape index (κ3) is 5.03. The van der Waals surface area contributed by atoms with Crippen LogP contribution >= 0.6 is 0 Å². The van der Waals surface area contributed by atoms with Gasteiger partial charge in [-0.15, -0.1) is 0 Å². The Labute approximate surface area is 105 Å². The molecule has 0 aliphatic carbocycles. The maximum atomic E-state index is 9.21. The van der Waals surface area contributed by atoms with Gasteiger partial charge in [-0.25, -0.2) is 0 Å². The van der Waals surface area contributed by atoms with Crippen LogP contribution in [0.5, 0.6) is 0 Å². The lowest BCUT2D eigenvalue weighted by Gasteiger charge is -2.32. The number of nitrogens with zero attached hydrogens (tertiary/aromatic N) is 2. The summed E-state index contributed by atoms with van der Waals surface area (Å²) in [6.45, 7) is 8.45. The Kier molecular flexibility index (Phi) is 5.90. The van der Waals surface area contributed by atoms with Crippen molar-refractivity contribution in [2.45, 2.75) is 32.2 Å². The van der Waals surface area contributed by atoms with Gasteiger partial charge in [0, 0.05) is 26.3 Å². The number of nitriles is 1. The smallest absolute Gasteiger partial charge is 0.116 e. The van der Waals surface area contributed by atoms with Crippen molar-refractivity contribution in [3.05, 3.63) is 0 Å². The minimum absolute atomic E-state index is 0.436. The fourth-order valence-electron chi connectivity index (χ4n) is 2.50. The lowest BCUT2D eigenvalue weighted by molar-refractivity contribution is 0.0539. The molecule has 1 saturated heterocycles. The summed E-state index contributed by atoms with van der Waals surface area (Å²) in [7, 11) is 2.10. The van der Waals surface area contributed by atoms with Crippen molar-refractivity contribution in [1.82, 2.24) is 10.2 Å². The molecule has 0 saturated carbocycles. The highest BCUT2D eigenvalue weighted by molar-refractivity contribution is 5.05. The highest BCUT2D eigenvalue weighted by Gasteiger charge is 2.25. The van der Waals surface area contributed by atoms with E-state index in [1.165, 1.54) is 0 Å². The number of hydrogen-bond acceptors (Lipinski definition) is 4. The Morgan fingerprint density at radius 1 is 1.47 bits per heavy atom. The predicted molar refractivity (Wildman–Crippen MR) is 68.7 cm³/mol. The van der Waals surface area contributed by atoms with Crippen LogP contribution in [0.15, 0.2) is 0 Å². The molecule has 4 heteroatoms. The Hall–Kier alpha value is -0.630. The van der Waals surface area contributed by atoms with Crippen molar-refractivity contribution >= 4 is 0 Å². The van der Waals surface area contributed by atoms with Gasteiger partial charge in [-0.2, -0.15) is 5.26 Å². The molecule has 98 valence electrons. The molecule has 0 amide bonds. The molecule has 1 N–H and O–H groups in total. The minimum Gasteiger partial charge on any atom is -0.381 e. The standard InChI is InChI=1S/C13H25N3O/c1-4-15-13(2,10-14)11-16(3)9-12-5-7-17-8-6-12/h12,15H,4-9,11H2,1-3H3. The number of likely N-dealkylation sites (N-methyl/N-ethyl adjacent to an activating group) is 2. The first-order valence-electron chi connectivity index (χ1n) is 6.52. The van der Waals surface area contributed by atoms with Crippen molar-refractivity contribution < 1.29 is 4.74 Å². The molecule has 1 aliphatic rings. The fraction of sp³-hybridized carbons (Fsp3) is 0.923.